The molecule has 0 aromatic heterocycles. The lowest BCUT2D eigenvalue weighted by Crippen LogP contribution is -2.35. The Morgan fingerprint density at radius 3 is 2.75 bits per heavy atom. The van der Waals surface area contributed by atoms with Crippen molar-refractivity contribution < 1.29 is 14.3 Å². The van der Waals surface area contributed by atoms with Gasteiger partial charge in [-0.3, -0.25) is 4.79 Å². The molecule has 0 bridgehead atoms. The number of carbonyl (C=O) groups is 1. The zero-order valence-electron chi connectivity index (χ0n) is 11.2. The fourth-order valence-electron chi connectivity index (χ4n) is 2.58. The van der Waals surface area contributed by atoms with Crippen LogP contribution in [0.15, 0.2) is 18.2 Å². The van der Waals surface area contributed by atoms with Crippen LogP contribution in [0.2, 0.25) is 0 Å². The van der Waals surface area contributed by atoms with Gasteiger partial charge >= 0.3 is 0 Å². The van der Waals surface area contributed by atoms with Crippen molar-refractivity contribution >= 4 is 11.6 Å². The normalized spacial score (nSPS) is 17.2. The minimum atomic E-state index is -0.930. The van der Waals surface area contributed by atoms with E-state index in [4.69, 9.17) is 5.26 Å². The second-order valence-corrected chi connectivity index (χ2v) is 5.32. The summed E-state index contributed by atoms with van der Waals surface area (Å²) >= 11 is 0. The molecule has 1 aromatic rings. The van der Waals surface area contributed by atoms with Crippen molar-refractivity contribution in [3.63, 3.8) is 0 Å². The molecule has 5 heteroatoms. The summed E-state index contributed by atoms with van der Waals surface area (Å²) < 4.78 is 13.2. The average molecular weight is 276 g/mol. The van der Waals surface area contributed by atoms with Crippen LogP contribution in [-0.2, 0) is 4.79 Å². The highest BCUT2D eigenvalue weighted by atomic mass is 19.1. The van der Waals surface area contributed by atoms with E-state index in [-0.39, 0.29) is 17.9 Å². The molecular formula is C15H17FN2O2. The van der Waals surface area contributed by atoms with Crippen LogP contribution in [-0.4, -0.2) is 16.6 Å². The number of aliphatic hydroxyl groups is 1. The maximum Gasteiger partial charge on any atom is 0.227 e. The van der Waals surface area contributed by atoms with Gasteiger partial charge in [-0.1, -0.05) is 19.3 Å². The SMILES string of the molecule is N#Cc1cc(NC(=O)CC2(O)CCCCC2)ccc1F. The predicted molar refractivity (Wildman–Crippen MR) is 72.4 cm³/mol. The van der Waals surface area contributed by atoms with Crippen LogP contribution in [0.4, 0.5) is 10.1 Å². The summed E-state index contributed by atoms with van der Waals surface area (Å²) in [6.45, 7) is 0. The number of nitriles is 1. The topological polar surface area (TPSA) is 73.1 Å². The Labute approximate surface area is 117 Å². The first-order chi connectivity index (χ1) is 9.52. The van der Waals surface area contributed by atoms with Crippen molar-refractivity contribution in [2.45, 2.75) is 44.1 Å². The summed E-state index contributed by atoms with van der Waals surface area (Å²) in [6, 6.07) is 5.56. The number of nitrogens with zero attached hydrogens (tertiary/aromatic N) is 1. The number of amides is 1. The first kappa shape index (κ1) is 14.5. The smallest absolute Gasteiger partial charge is 0.227 e. The maximum absolute atomic E-state index is 13.2. The summed E-state index contributed by atoms with van der Waals surface area (Å²) in [5.41, 5.74) is -0.674. The van der Waals surface area contributed by atoms with E-state index in [0.29, 0.717) is 18.5 Å². The summed E-state index contributed by atoms with van der Waals surface area (Å²) in [4.78, 5) is 11.9. The molecule has 1 aromatic carbocycles. The van der Waals surface area contributed by atoms with E-state index in [1.54, 1.807) is 6.07 Å². The number of anilines is 1. The lowest BCUT2D eigenvalue weighted by Gasteiger charge is -2.31. The molecule has 1 aliphatic carbocycles. The molecule has 2 N–H and O–H groups in total. The van der Waals surface area contributed by atoms with Crippen LogP contribution in [0.3, 0.4) is 0 Å². The Balaban J connectivity index is 1.99. The Hall–Kier alpha value is -1.93. The molecular weight excluding hydrogens is 259 g/mol. The second kappa shape index (κ2) is 6.02. The summed E-state index contributed by atoms with van der Waals surface area (Å²) in [7, 11) is 0. The van der Waals surface area contributed by atoms with Gasteiger partial charge in [0.15, 0.2) is 0 Å². The molecule has 1 amide bonds. The average Bonchev–Trinajstić information content (AvgIpc) is 2.41. The van der Waals surface area contributed by atoms with Crippen molar-refractivity contribution in [2.24, 2.45) is 0 Å². The lowest BCUT2D eigenvalue weighted by atomic mass is 9.82. The summed E-state index contributed by atoms with van der Waals surface area (Å²) in [6.07, 6.45) is 4.25. The number of rotatable bonds is 3. The minimum Gasteiger partial charge on any atom is -0.389 e. The first-order valence-electron chi connectivity index (χ1n) is 6.74. The van der Waals surface area contributed by atoms with Gasteiger partial charge in [-0.05, 0) is 31.0 Å². The van der Waals surface area contributed by atoms with Gasteiger partial charge < -0.3 is 10.4 Å². The Bertz CT molecular complexity index is 545. The van der Waals surface area contributed by atoms with Gasteiger partial charge in [-0.25, -0.2) is 4.39 Å². The number of hydrogen-bond donors (Lipinski definition) is 2. The number of halogens is 1. The van der Waals surface area contributed by atoms with Crippen molar-refractivity contribution in [3.8, 4) is 6.07 Å². The second-order valence-electron chi connectivity index (χ2n) is 5.32. The molecule has 0 heterocycles. The van der Waals surface area contributed by atoms with Crippen LogP contribution >= 0.6 is 0 Å². The molecule has 0 saturated heterocycles. The van der Waals surface area contributed by atoms with Crippen LogP contribution in [0, 0.1) is 17.1 Å². The predicted octanol–water partition coefficient (Wildman–Crippen LogP) is 2.72. The number of hydrogen-bond acceptors (Lipinski definition) is 3. The molecule has 4 nitrogen and oxygen atoms in total. The zero-order chi connectivity index (χ0) is 14.6. The highest BCUT2D eigenvalue weighted by Gasteiger charge is 2.31. The van der Waals surface area contributed by atoms with E-state index in [2.05, 4.69) is 5.32 Å². The lowest BCUT2D eigenvalue weighted by molar-refractivity contribution is -0.122. The van der Waals surface area contributed by atoms with Crippen molar-refractivity contribution in [1.82, 2.24) is 0 Å². The molecule has 2 rings (SSSR count). The molecule has 1 aliphatic rings. The standard InChI is InChI=1S/C15H17FN2O2/c16-13-5-4-12(8-11(13)10-17)18-14(19)9-15(20)6-2-1-3-7-15/h4-5,8,20H,1-3,6-7,9H2,(H,18,19). The Morgan fingerprint density at radius 2 is 2.10 bits per heavy atom. The Kier molecular flexibility index (Phi) is 4.35. The molecule has 0 unspecified atom stereocenters. The van der Waals surface area contributed by atoms with E-state index >= 15 is 0 Å². The van der Waals surface area contributed by atoms with Crippen LogP contribution < -0.4 is 5.32 Å². The van der Waals surface area contributed by atoms with Crippen LogP contribution in [0.1, 0.15) is 44.1 Å². The van der Waals surface area contributed by atoms with Gasteiger partial charge in [0, 0.05) is 5.69 Å². The molecule has 20 heavy (non-hydrogen) atoms. The summed E-state index contributed by atoms with van der Waals surface area (Å²) in [5.74, 6) is -0.929. The van der Waals surface area contributed by atoms with Crippen molar-refractivity contribution in [2.75, 3.05) is 5.32 Å². The third-order valence-electron chi connectivity index (χ3n) is 3.64. The monoisotopic (exact) mass is 276 g/mol. The number of benzene rings is 1. The fourth-order valence-corrected chi connectivity index (χ4v) is 2.58. The van der Waals surface area contributed by atoms with E-state index in [0.717, 1.165) is 25.3 Å². The quantitative estimate of drug-likeness (QED) is 0.891. The third kappa shape index (κ3) is 3.55. The minimum absolute atomic E-state index is 0.0340. The molecule has 0 spiro atoms. The van der Waals surface area contributed by atoms with Gasteiger partial charge in [0.25, 0.3) is 0 Å². The van der Waals surface area contributed by atoms with Gasteiger partial charge in [-0.15, -0.1) is 0 Å². The van der Waals surface area contributed by atoms with Gasteiger partial charge in [0.2, 0.25) is 5.91 Å². The molecule has 1 saturated carbocycles. The van der Waals surface area contributed by atoms with E-state index in [1.165, 1.54) is 12.1 Å². The van der Waals surface area contributed by atoms with Gasteiger partial charge in [-0.2, -0.15) is 5.26 Å². The van der Waals surface area contributed by atoms with E-state index in [1.807, 2.05) is 0 Å². The first-order valence-corrected chi connectivity index (χ1v) is 6.74. The fraction of sp³-hybridized carbons (Fsp3) is 0.467. The molecule has 0 aliphatic heterocycles. The highest BCUT2D eigenvalue weighted by Crippen LogP contribution is 2.31. The largest absolute Gasteiger partial charge is 0.389 e. The molecule has 0 atom stereocenters. The molecule has 106 valence electrons. The third-order valence-corrected chi connectivity index (χ3v) is 3.64. The number of carbonyl (C=O) groups excluding carboxylic acids is 1. The maximum atomic E-state index is 13.2. The van der Waals surface area contributed by atoms with Crippen molar-refractivity contribution in [1.29, 1.82) is 5.26 Å². The Morgan fingerprint density at radius 1 is 1.40 bits per heavy atom. The molecule has 1 fully saturated rings. The zero-order valence-corrected chi connectivity index (χ0v) is 11.2. The van der Waals surface area contributed by atoms with Crippen LogP contribution in [0.5, 0.6) is 0 Å². The van der Waals surface area contributed by atoms with E-state index < -0.39 is 11.4 Å². The highest BCUT2D eigenvalue weighted by molar-refractivity contribution is 5.91. The summed E-state index contributed by atoms with van der Waals surface area (Å²) in [5, 5.41) is 21.6. The molecule has 0 radical (unpaired) electrons. The van der Waals surface area contributed by atoms with Crippen molar-refractivity contribution in [3.05, 3.63) is 29.6 Å². The van der Waals surface area contributed by atoms with E-state index in [9.17, 15) is 14.3 Å². The van der Waals surface area contributed by atoms with Gasteiger partial charge in [0.1, 0.15) is 11.9 Å². The number of nitrogens with one attached hydrogen (secondary N) is 1. The van der Waals surface area contributed by atoms with Gasteiger partial charge in [0.05, 0.1) is 17.6 Å². The van der Waals surface area contributed by atoms with Crippen LogP contribution in [0.25, 0.3) is 0 Å².